The van der Waals surface area contributed by atoms with Crippen LogP contribution in [-0.2, 0) is 16.6 Å². The second-order valence-corrected chi connectivity index (χ2v) is 10.7. The number of sulfonamides is 1. The van der Waals surface area contributed by atoms with Crippen LogP contribution >= 0.6 is 11.3 Å². The molecule has 9 heteroatoms. The molecule has 0 unspecified atom stereocenters. The topological polar surface area (TPSA) is 86.4 Å². The van der Waals surface area contributed by atoms with Crippen molar-refractivity contribution < 1.29 is 8.42 Å². The minimum absolute atomic E-state index is 0.119. The molecule has 30 heavy (non-hydrogen) atoms. The lowest BCUT2D eigenvalue weighted by Gasteiger charge is -2.34. The number of nitrogens with one attached hydrogen (secondary N) is 1. The predicted octanol–water partition coefficient (Wildman–Crippen LogP) is 2.72. The van der Waals surface area contributed by atoms with Crippen LogP contribution in [0.4, 0.5) is 0 Å². The number of H-pyrrole nitrogens is 1. The second kappa shape index (κ2) is 7.88. The largest absolute Gasteiger partial charge is 0.308 e. The van der Waals surface area contributed by atoms with Crippen molar-refractivity contribution in [2.24, 2.45) is 0 Å². The SMILES string of the molecule is Cc1cc(C)c(C)c(S(=O)(=O)N2CCN(Cc3nc4ccsc4c(=O)[nH]3)CC2)c1C. The first kappa shape index (κ1) is 21.2. The van der Waals surface area contributed by atoms with Gasteiger partial charge in [0, 0.05) is 26.2 Å². The molecule has 3 aromatic rings. The van der Waals surface area contributed by atoms with E-state index in [0.29, 0.717) is 53.7 Å². The third-order valence-electron chi connectivity index (χ3n) is 5.96. The van der Waals surface area contributed by atoms with Gasteiger partial charge in [-0.25, -0.2) is 13.4 Å². The zero-order valence-electron chi connectivity index (χ0n) is 17.7. The van der Waals surface area contributed by atoms with E-state index in [2.05, 4.69) is 14.9 Å². The number of rotatable bonds is 4. The van der Waals surface area contributed by atoms with E-state index < -0.39 is 10.0 Å². The lowest BCUT2D eigenvalue weighted by Crippen LogP contribution is -2.48. The lowest BCUT2D eigenvalue weighted by atomic mass is 10.0. The van der Waals surface area contributed by atoms with Crippen molar-refractivity contribution in [3.63, 3.8) is 0 Å². The summed E-state index contributed by atoms with van der Waals surface area (Å²) in [6.07, 6.45) is 0. The van der Waals surface area contributed by atoms with Crippen LogP contribution in [0.2, 0.25) is 0 Å². The maximum absolute atomic E-state index is 13.4. The summed E-state index contributed by atoms with van der Waals surface area (Å²) in [5.74, 6) is 0.614. The molecule has 0 saturated carbocycles. The van der Waals surface area contributed by atoms with E-state index in [1.165, 1.54) is 11.3 Å². The van der Waals surface area contributed by atoms with Gasteiger partial charge in [-0.05, 0) is 61.4 Å². The summed E-state index contributed by atoms with van der Waals surface area (Å²) in [7, 11) is -3.56. The van der Waals surface area contributed by atoms with Gasteiger partial charge in [-0.1, -0.05) is 6.07 Å². The van der Waals surface area contributed by atoms with Crippen LogP contribution in [0.5, 0.6) is 0 Å². The summed E-state index contributed by atoms with van der Waals surface area (Å²) in [6, 6.07) is 3.89. The normalized spacial score (nSPS) is 16.4. The molecule has 1 aromatic carbocycles. The zero-order valence-corrected chi connectivity index (χ0v) is 19.3. The number of nitrogens with zero attached hydrogens (tertiary/aromatic N) is 3. The van der Waals surface area contributed by atoms with E-state index in [4.69, 9.17) is 0 Å². The van der Waals surface area contributed by atoms with Gasteiger partial charge in [0.05, 0.1) is 17.0 Å². The molecular formula is C21H26N4O3S2. The van der Waals surface area contributed by atoms with Crippen LogP contribution in [0.3, 0.4) is 0 Å². The van der Waals surface area contributed by atoms with Gasteiger partial charge in [-0.15, -0.1) is 11.3 Å². The molecule has 0 aliphatic carbocycles. The monoisotopic (exact) mass is 446 g/mol. The molecule has 0 atom stereocenters. The minimum Gasteiger partial charge on any atom is -0.308 e. The van der Waals surface area contributed by atoms with E-state index in [0.717, 1.165) is 22.3 Å². The van der Waals surface area contributed by atoms with Gasteiger partial charge in [0.1, 0.15) is 10.5 Å². The highest BCUT2D eigenvalue weighted by Gasteiger charge is 2.32. The van der Waals surface area contributed by atoms with Crippen molar-refractivity contribution >= 4 is 31.6 Å². The van der Waals surface area contributed by atoms with E-state index >= 15 is 0 Å². The van der Waals surface area contributed by atoms with Crippen LogP contribution in [0.1, 0.15) is 28.1 Å². The molecule has 0 spiro atoms. The van der Waals surface area contributed by atoms with Crippen LogP contribution in [-0.4, -0.2) is 53.8 Å². The molecule has 1 fully saturated rings. The Balaban J connectivity index is 1.51. The molecule has 7 nitrogen and oxygen atoms in total. The number of benzene rings is 1. The van der Waals surface area contributed by atoms with Gasteiger partial charge >= 0.3 is 0 Å². The quantitative estimate of drug-likeness (QED) is 0.666. The van der Waals surface area contributed by atoms with Gasteiger partial charge in [-0.2, -0.15) is 4.31 Å². The van der Waals surface area contributed by atoms with Gasteiger partial charge < -0.3 is 4.98 Å². The third-order valence-corrected chi connectivity index (χ3v) is 9.04. The lowest BCUT2D eigenvalue weighted by molar-refractivity contribution is 0.178. The standard InChI is InChI=1S/C21H26N4O3S2/c1-13-11-14(2)16(4)20(15(13)3)30(27,28)25-8-6-24(7-9-25)12-18-22-17-5-10-29-19(17)21(26)23-18/h5,10-11H,6-9,12H2,1-4H3,(H,22,23,26). The molecule has 1 aliphatic rings. The number of fused-ring (bicyclic) bond motifs is 1. The van der Waals surface area contributed by atoms with Crippen molar-refractivity contribution in [1.29, 1.82) is 0 Å². The second-order valence-electron chi connectivity index (χ2n) is 7.92. The molecule has 1 N–H and O–H groups in total. The fourth-order valence-corrected chi connectivity index (χ4v) is 6.76. The first-order chi connectivity index (χ1) is 14.2. The van der Waals surface area contributed by atoms with Crippen molar-refractivity contribution in [2.75, 3.05) is 26.2 Å². The van der Waals surface area contributed by atoms with E-state index in [1.807, 2.05) is 45.2 Å². The Hall–Kier alpha value is -2.07. The number of piperazine rings is 1. The number of aromatic nitrogens is 2. The van der Waals surface area contributed by atoms with Crippen molar-refractivity contribution in [1.82, 2.24) is 19.2 Å². The van der Waals surface area contributed by atoms with Crippen LogP contribution in [0, 0.1) is 27.7 Å². The molecule has 4 rings (SSSR count). The summed E-state index contributed by atoms with van der Waals surface area (Å²) in [6.45, 7) is 10.2. The summed E-state index contributed by atoms with van der Waals surface area (Å²) in [5.41, 5.74) is 4.23. The molecular weight excluding hydrogens is 420 g/mol. The number of aryl methyl sites for hydroxylation is 2. The summed E-state index contributed by atoms with van der Waals surface area (Å²) < 4.78 is 29.0. The highest BCUT2D eigenvalue weighted by molar-refractivity contribution is 7.89. The predicted molar refractivity (Wildman–Crippen MR) is 120 cm³/mol. The Morgan fingerprint density at radius 2 is 1.70 bits per heavy atom. The average Bonchev–Trinajstić information content (AvgIpc) is 3.16. The molecule has 2 aromatic heterocycles. The van der Waals surface area contributed by atoms with Gasteiger partial charge in [-0.3, -0.25) is 9.69 Å². The summed E-state index contributed by atoms with van der Waals surface area (Å²) >= 11 is 1.38. The zero-order chi connectivity index (χ0) is 21.6. The molecule has 1 saturated heterocycles. The molecule has 3 heterocycles. The van der Waals surface area contributed by atoms with Crippen LogP contribution < -0.4 is 5.56 Å². The van der Waals surface area contributed by atoms with Gasteiger partial charge in [0.15, 0.2) is 0 Å². The highest BCUT2D eigenvalue weighted by Crippen LogP contribution is 2.29. The summed E-state index contributed by atoms with van der Waals surface area (Å²) in [4.78, 5) is 22.1. The third kappa shape index (κ3) is 3.71. The van der Waals surface area contributed by atoms with Crippen molar-refractivity contribution in [3.8, 4) is 0 Å². The number of hydrogen-bond donors (Lipinski definition) is 1. The highest BCUT2D eigenvalue weighted by atomic mass is 32.2. The Kier molecular flexibility index (Phi) is 5.56. The Labute approximate surface area is 180 Å². The molecule has 0 bridgehead atoms. The van der Waals surface area contributed by atoms with E-state index in [-0.39, 0.29) is 5.56 Å². The molecule has 0 radical (unpaired) electrons. The average molecular weight is 447 g/mol. The number of aromatic amines is 1. The van der Waals surface area contributed by atoms with E-state index in [1.54, 1.807) is 4.31 Å². The molecule has 1 aliphatic heterocycles. The van der Waals surface area contributed by atoms with Crippen LogP contribution in [0.25, 0.3) is 10.2 Å². The summed E-state index contributed by atoms with van der Waals surface area (Å²) in [5, 5.41) is 1.86. The van der Waals surface area contributed by atoms with Crippen LogP contribution in [0.15, 0.2) is 27.2 Å². The molecule has 0 amide bonds. The molecule has 160 valence electrons. The Morgan fingerprint density at radius 1 is 1.07 bits per heavy atom. The fraction of sp³-hybridized carbons (Fsp3) is 0.429. The van der Waals surface area contributed by atoms with E-state index in [9.17, 15) is 13.2 Å². The minimum atomic E-state index is -3.56. The Bertz CT molecular complexity index is 1240. The van der Waals surface area contributed by atoms with Gasteiger partial charge in [0.2, 0.25) is 10.0 Å². The number of thiophene rings is 1. The smallest absolute Gasteiger partial charge is 0.268 e. The first-order valence-corrected chi connectivity index (χ1v) is 12.3. The first-order valence-electron chi connectivity index (χ1n) is 9.95. The number of hydrogen-bond acceptors (Lipinski definition) is 6. The fourth-order valence-electron chi connectivity index (χ4n) is 4.03. The maximum atomic E-state index is 13.4. The van der Waals surface area contributed by atoms with Crippen molar-refractivity contribution in [2.45, 2.75) is 39.1 Å². The van der Waals surface area contributed by atoms with Crippen molar-refractivity contribution in [3.05, 3.63) is 55.9 Å². The van der Waals surface area contributed by atoms with Gasteiger partial charge in [0.25, 0.3) is 5.56 Å². The maximum Gasteiger partial charge on any atom is 0.268 e. The Morgan fingerprint density at radius 3 is 2.33 bits per heavy atom.